The predicted octanol–water partition coefficient (Wildman–Crippen LogP) is 7.23. The van der Waals surface area contributed by atoms with Crippen LogP contribution in [-0.2, 0) is 52.2 Å². The van der Waals surface area contributed by atoms with Gasteiger partial charge >= 0.3 is 5.97 Å². The molecule has 0 rings (SSSR count). The molecule has 0 bridgehead atoms. The summed E-state index contributed by atoms with van der Waals surface area (Å²) in [5.41, 5.74) is -0.280. The Morgan fingerprint density at radius 1 is 0.380 bits per heavy atom. The van der Waals surface area contributed by atoms with E-state index in [1.807, 2.05) is 90.0 Å². The highest BCUT2D eigenvalue weighted by Crippen LogP contribution is 2.07. The summed E-state index contributed by atoms with van der Waals surface area (Å²) in [5, 5.41) is 8.26. The molecular formula is C38H82O12. The molecule has 0 aliphatic rings. The van der Waals surface area contributed by atoms with Crippen LogP contribution in [0.25, 0.3) is 0 Å². The minimum atomic E-state index is -0.967. The van der Waals surface area contributed by atoms with E-state index in [-0.39, 0.29) is 29.0 Å². The summed E-state index contributed by atoms with van der Waals surface area (Å²) < 4.78 is 52.7. The highest BCUT2D eigenvalue weighted by atomic mass is 16.6. The molecule has 0 heterocycles. The van der Waals surface area contributed by atoms with Gasteiger partial charge < -0.3 is 52.5 Å². The number of hydrogen-bond donors (Lipinski definition) is 1. The van der Waals surface area contributed by atoms with E-state index >= 15 is 0 Å². The molecule has 12 nitrogen and oxygen atoms in total. The molecule has 12 heteroatoms. The van der Waals surface area contributed by atoms with Crippen LogP contribution in [0.5, 0.6) is 0 Å². The second-order valence-corrected chi connectivity index (χ2v) is 14.9. The minimum absolute atomic E-state index is 0.0307. The molecule has 0 aliphatic heterocycles. The van der Waals surface area contributed by atoms with Crippen LogP contribution in [0.1, 0.15) is 117 Å². The van der Waals surface area contributed by atoms with E-state index in [0.29, 0.717) is 79.3 Å². The number of ether oxygens (including phenoxy) is 10. The number of rotatable bonds is 25. The Labute approximate surface area is 307 Å². The summed E-state index contributed by atoms with van der Waals surface area (Å²) in [4.78, 5) is 10.1. The van der Waals surface area contributed by atoms with Crippen LogP contribution in [0.4, 0.5) is 0 Å². The summed E-state index contributed by atoms with van der Waals surface area (Å²) >= 11 is 0. The Morgan fingerprint density at radius 2 is 0.620 bits per heavy atom. The van der Waals surface area contributed by atoms with Gasteiger partial charge in [0.25, 0.3) is 0 Å². The normalized spacial score (nSPS) is 11.9. The lowest BCUT2D eigenvalue weighted by molar-refractivity contribution is -0.142. The Bertz CT molecular complexity index is 677. The van der Waals surface area contributed by atoms with Crippen molar-refractivity contribution < 1.29 is 57.3 Å². The van der Waals surface area contributed by atoms with Crippen molar-refractivity contribution in [1.29, 1.82) is 0 Å². The van der Waals surface area contributed by atoms with Crippen LogP contribution in [0.3, 0.4) is 0 Å². The van der Waals surface area contributed by atoms with Crippen LogP contribution < -0.4 is 0 Å². The third-order valence-corrected chi connectivity index (χ3v) is 4.92. The zero-order chi connectivity index (χ0) is 39.4. The number of carbonyl (C=O) groups is 1. The molecule has 0 unspecified atom stereocenters. The van der Waals surface area contributed by atoms with E-state index in [2.05, 4.69) is 13.8 Å². The molecule has 0 radical (unpaired) electrons. The predicted molar refractivity (Wildman–Crippen MR) is 202 cm³/mol. The van der Waals surface area contributed by atoms with Crippen LogP contribution in [0.15, 0.2) is 0 Å². The van der Waals surface area contributed by atoms with Crippen LogP contribution in [-0.4, -0.2) is 139 Å². The molecule has 0 spiro atoms. The molecule has 0 atom stereocenters. The molecule has 306 valence electrons. The van der Waals surface area contributed by atoms with Gasteiger partial charge in [-0.15, -0.1) is 0 Å². The molecule has 0 aromatic carbocycles. The molecule has 0 amide bonds. The van der Waals surface area contributed by atoms with Crippen LogP contribution in [0, 0.1) is 0 Å². The third kappa shape index (κ3) is 72.7. The number of carboxylic acids is 1. The average molecular weight is 731 g/mol. The molecule has 0 aliphatic carbocycles. The van der Waals surface area contributed by atoms with Gasteiger partial charge in [0.2, 0.25) is 0 Å². The lowest BCUT2D eigenvalue weighted by Crippen LogP contribution is -2.22. The Kier molecular flexibility index (Phi) is 40.7. The van der Waals surface area contributed by atoms with E-state index in [1.54, 1.807) is 0 Å². The fourth-order valence-corrected chi connectivity index (χ4v) is 2.86. The molecule has 0 saturated heterocycles. The first-order valence-electron chi connectivity index (χ1n) is 18.3. The van der Waals surface area contributed by atoms with Crippen molar-refractivity contribution in [2.75, 3.05) is 106 Å². The van der Waals surface area contributed by atoms with E-state index in [9.17, 15) is 4.79 Å². The maximum Gasteiger partial charge on any atom is 0.329 e. The summed E-state index contributed by atoms with van der Waals surface area (Å²) in [5.74, 6) is -0.967. The molecule has 0 saturated carbocycles. The standard InChI is InChI=1S/C11H24O3.C10H20O5.C9H20O2.C8H18O2/c1-5-6-12-7-8-13-9-10-14-11(2,3)4;1-10(2,3)15-7-6-13-4-5-14-8-9(11)12;1-5-6-10-7-8-11-9(2,3)4;1-5-9-6-7-10-8(2,3)4/h5-10H2,1-4H3;4-8H2,1-3H3,(H,11,12);5-8H2,1-4H3;5-7H2,1-4H3. The largest absolute Gasteiger partial charge is 0.480 e. The first-order chi connectivity index (χ1) is 23.1. The third-order valence-electron chi connectivity index (χ3n) is 4.92. The van der Waals surface area contributed by atoms with E-state index in [4.69, 9.17) is 52.5 Å². The van der Waals surface area contributed by atoms with Gasteiger partial charge in [0.05, 0.1) is 102 Å². The molecule has 50 heavy (non-hydrogen) atoms. The van der Waals surface area contributed by atoms with E-state index in [1.165, 1.54) is 0 Å². The lowest BCUT2D eigenvalue weighted by atomic mass is 10.2. The maximum atomic E-state index is 10.1. The summed E-state index contributed by atoms with van der Waals surface area (Å²) in [6, 6.07) is 0. The number of carboxylic acid groups (broad SMARTS) is 1. The molecule has 0 aromatic rings. The molecule has 1 N–H and O–H groups in total. The second-order valence-electron chi connectivity index (χ2n) is 14.9. The van der Waals surface area contributed by atoms with Gasteiger partial charge in [0.15, 0.2) is 0 Å². The van der Waals surface area contributed by atoms with Crippen molar-refractivity contribution in [2.24, 2.45) is 0 Å². The maximum absolute atomic E-state index is 10.1. The van der Waals surface area contributed by atoms with Gasteiger partial charge in [-0.05, 0) is 103 Å². The average Bonchev–Trinajstić information content (AvgIpc) is 2.97. The summed E-state index contributed by atoms with van der Waals surface area (Å²) in [6.07, 6.45) is 2.14. The Morgan fingerprint density at radius 3 is 0.860 bits per heavy atom. The van der Waals surface area contributed by atoms with Crippen molar-refractivity contribution in [3.05, 3.63) is 0 Å². The quantitative estimate of drug-likeness (QED) is 0.0952. The summed E-state index contributed by atoms with van der Waals surface area (Å²) in [7, 11) is 0. The van der Waals surface area contributed by atoms with Crippen molar-refractivity contribution >= 4 is 5.97 Å². The fraction of sp³-hybridized carbons (Fsp3) is 0.974. The SMILES string of the molecule is CC(C)(C)OCCOCCOCC(=O)O.CCCOCCOC(C)(C)C.CCCOCCOCCOC(C)(C)C.CCOCCOC(C)(C)C. The van der Waals surface area contributed by atoms with Gasteiger partial charge in [-0.1, -0.05) is 13.8 Å². The van der Waals surface area contributed by atoms with Gasteiger partial charge in [-0.25, -0.2) is 4.79 Å². The van der Waals surface area contributed by atoms with Crippen LogP contribution in [0.2, 0.25) is 0 Å². The first kappa shape index (κ1) is 55.8. The van der Waals surface area contributed by atoms with Gasteiger partial charge in [-0.3, -0.25) is 0 Å². The monoisotopic (exact) mass is 731 g/mol. The zero-order valence-corrected chi connectivity index (χ0v) is 35.2. The Hall–Kier alpha value is -0.930. The number of hydrogen-bond acceptors (Lipinski definition) is 11. The van der Waals surface area contributed by atoms with E-state index in [0.717, 1.165) is 32.7 Å². The zero-order valence-electron chi connectivity index (χ0n) is 35.2. The highest BCUT2D eigenvalue weighted by Gasteiger charge is 2.11. The minimum Gasteiger partial charge on any atom is -0.480 e. The lowest BCUT2D eigenvalue weighted by Gasteiger charge is -2.19. The van der Waals surface area contributed by atoms with Crippen molar-refractivity contribution in [2.45, 2.75) is 139 Å². The second kappa shape index (κ2) is 36.4. The van der Waals surface area contributed by atoms with Gasteiger partial charge in [0.1, 0.15) is 6.61 Å². The smallest absolute Gasteiger partial charge is 0.329 e. The van der Waals surface area contributed by atoms with Crippen molar-refractivity contribution in [3.63, 3.8) is 0 Å². The fourth-order valence-electron chi connectivity index (χ4n) is 2.86. The van der Waals surface area contributed by atoms with Crippen molar-refractivity contribution in [1.82, 2.24) is 0 Å². The molecule has 0 aromatic heterocycles. The molecular weight excluding hydrogens is 648 g/mol. The first-order valence-corrected chi connectivity index (χ1v) is 18.3. The van der Waals surface area contributed by atoms with Crippen LogP contribution >= 0.6 is 0 Å². The summed E-state index contributed by atoms with van der Waals surface area (Å²) in [6.45, 7) is 39.8. The van der Waals surface area contributed by atoms with Gasteiger partial charge in [-0.2, -0.15) is 0 Å². The Balaban J connectivity index is -0.000000286. The van der Waals surface area contributed by atoms with E-state index < -0.39 is 5.97 Å². The van der Waals surface area contributed by atoms with Crippen molar-refractivity contribution in [3.8, 4) is 0 Å². The van der Waals surface area contributed by atoms with Gasteiger partial charge in [0, 0.05) is 19.8 Å². The molecule has 0 fully saturated rings. The topological polar surface area (TPSA) is 130 Å². The highest BCUT2D eigenvalue weighted by molar-refractivity contribution is 5.67. The number of aliphatic carboxylic acids is 1.